The van der Waals surface area contributed by atoms with E-state index in [1.54, 1.807) is 37.4 Å². The Morgan fingerprint density at radius 2 is 2.08 bits per heavy atom. The Hall–Kier alpha value is -2.44. The van der Waals surface area contributed by atoms with Crippen LogP contribution in [0.4, 0.5) is 11.4 Å². The second-order valence-electron chi connectivity index (χ2n) is 5.34. The van der Waals surface area contributed by atoms with Crippen molar-refractivity contribution in [1.29, 1.82) is 0 Å². The second-order valence-corrected chi connectivity index (χ2v) is 6.18. The van der Waals surface area contributed by atoms with Crippen molar-refractivity contribution in [2.45, 2.75) is 0 Å². The number of halogens is 2. The van der Waals surface area contributed by atoms with Crippen molar-refractivity contribution in [3.63, 3.8) is 0 Å². The Kier molecular flexibility index (Phi) is 5.01. The molecule has 2 aromatic rings. The number of carbonyl (C=O) groups excluding carboxylic acids is 2. The summed E-state index contributed by atoms with van der Waals surface area (Å²) in [7, 11) is 1.67. The Morgan fingerprint density at radius 1 is 1.28 bits per heavy atom. The summed E-state index contributed by atoms with van der Waals surface area (Å²) in [6, 6.07) is 9.81. The van der Waals surface area contributed by atoms with Crippen LogP contribution in [0.3, 0.4) is 0 Å². The molecule has 0 unspecified atom stereocenters. The molecule has 2 amide bonds. The number of fused-ring (bicyclic) bond motifs is 1. The topological polar surface area (TPSA) is 67.9 Å². The lowest BCUT2D eigenvalue weighted by molar-refractivity contribution is -0.121. The molecule has 3 rings (SSSR count). The summed E-state index contributed by atoms with van der Waals surface area (Å²) in [6.07, 6.45) is 0. The van der Waals surface area contributed by atoms with Crippen molar-refractivity contribution in [3.8, 4) is 11.5 Å². The minimum absolute atomic E-state index is 0.0287. The maximum atomic E-state index is 12.0. The number of benzene rings is 2. The predicted molar refractivity (Wildman–Crippen MR) is 95.9 cm³/mol. The average molecular weight is 381 g/mol. The number of carbonyl (C=O) groups is 2. The van der Waals surface area contributed by atoms with Gasteiger partial charge in [0.05, 0.1) is 10.7 Å². The third-order valence-corrected chi connectivity index (χ3v) is 4.11. The van der Waals surface area contributed by atoms with Crippen molar-refractivity contribution in [3.05, 3.63) is 46.4 Å². The van der Waals surface area contributed by atoms with Gasteiger partial charge in [0, 0.05) is 23.8 Å². The van der Waals surface area contributed by atoms with Gasteiger partial charge in [-0.15, -0.1) is 0 Å². The molecule has 0 aliphatic carbocycles. The maximum Gasteiger partial charge on any atom is 0.264 e. The van der Waals surface area contributed by atoms with E-state index in [1.165, 1.54) is 11.0 Å². The predicted octanol–water partition coefficient (Wildman–Crippen LogP) is 3.37. The van der Waals surface area contributed by atoms with Crippen molar-refractivity contribution >= 4 is 46.4 Å². The van der Waals surface area contributed by atoms with Gasteiger partial charge in [0.1, 0.15) is 11.5 Å². The quantitative estimate of drug-likeness (QED) is 0.882. The second kappa shape index (κ2) is 7.21. The van der Waals surface area contributed by atoms with Crippen LogP contribution in [-0.4, -0.2) is 32.1 Å². The minimum atomic E-state index is -0.355. The van der Waals surface area contributed by atoms with Crippen LogP contribution in [0.2, 0.25) is 10.0 Å². The summed E-state index contributed by atoms with van der Waals surface area (Å²) in [4.78, 5) is 25.1. The molecule has 1 N–H and O–H groups in total. The van der Waals surface area contributed by atoms with E-state index in [-0.39, 0.29) is 25.0 Å². The number of hydrogen-bond donors (Lipinski definition) is 1. The van der Waals surface area contributed by atoms with Gasteiger partial charge in [-0.1, -0.05) is 23.2 Å². The first-order valence-corrected chi connectivity index (χ1v) is 8.11. The van der Waals surface area contributed by atoms with Crippen molar-refractivity contribution < 1.29 is 19.1 Å². The van der Waals surface area contributed by atoms with Gasteiger partial charge in [0.15, 0.2) is 13.2 Å². The van der Waals surface area contributed by atoms with Gasteiger partial charge in [-0.2, -0.15) is 0 Å². The van der Waals surface area contributed by atoms with E-state index in [9.17, 15) is 9.59 Å². The van der Waals surface area contributed by atoms with Crippen LogP contribution in [0.5, 0.6) is 11.5 Å². The summed E-state index contributed by atoms with van der Waals surface area (Å²) in [6.45, 7) is -0.239. The van der Waals surface area contributed by atoms with E-state index in [0.717, 1.165) is 0 Å². The van der Waals surface area contributed by atoms with Crippen LogP contribution in [0, 0.1) is 0 Å². The van der Waals surface area contributed by atoms with Crippen LogP contribution >= 0.6 is 23.2 Å². The number of nitrogens with zero attached hydrogens (tertiary/aromatic N) is 1. The van der Waals surface area contributed by atoms with Crippen LogP contribution in [0.25, 0.3) is 0 Å². The fourth-order valence-corrected chi connectivity index (χ4v) is 2.75. The largest absolute Gasteiger partial charge is 0.482 e. The molecule has 0 atom stereocenters. The summed E-state index contributed by atoms with van der Waals surface area (Å²) in [5, 5.41) is 3.52. The van der Waals surface area contributed by atoms with E-state index in [0.29, 0.717) is 32.9 Å². The molecule has 6 nitrogen and oxygen atoms in total. The van der Waals surface area contributed by atoms with Crippen molar-refractivity contribution in [1.82, 2.24) is 0 Å². The number of likely N-dealkylation sites (N-methyl/N-ethyl adjacent to an activating group) is 1. The fraction of sp³-hybridized carbons (Fsp3) is 0.176. The lowest BCUT2D eigenvalue weighted by Gasteiger charge is -2.26. The van der Waals surface area contributed by atoms with E-state index in [4.69, 9.17) is 32.7 Å². The summed E-state index contributed by atoms with van der Waals surface area (Å²) >= 11 is 11.8. The van der Waals surface area contributed by atoms with Crippen LogP contribution < -0.4 is 19.7 Å². The lowest BCUT2D eigenvalue weighted by atomic mass is 10.2. The standard InChI is InChI=1S/C17H14Cl2N2O4/c1-21-13-4-3-11(7-15(13)25-9-17(21)23)20-16(22)8-24-14-5-2-10(18)6-12(14)19/h2-7H,8-9H2,1H3,(H,20,22). The first-order valence-electron chi connectivity index (χ1n) is 7.35. The van der Waals surface area contributed by atoms with Crippen LogP contribution in [-0.2, 0) is 9.59 Å². The Bertz CT molecular complexity index is 841. The highest BCUT2D eigenvalue weighted by Gasteiger charge is 2.22. The molecule has 1 heterocycles. The molecule has 0 saturated heterocycles. The monoisotopic (exact) mass is 380 g/mol. The summed E-state index contributed by atoms with van der Waals surface area (Å²) < 4.78 is 10.8. The van der Waals surface area contributed by atoms with E-state index in [2.05, 4.69) is 5.32 Å². The highest BCUT2D eigenvalue weighted by atomic mass is 35.5. The van der Waals surface area contributed by atoms with Gasteiger partial charge in [-0.3, -0.25) is 9.59 Å². The molecule has 0 aromatic heterocycles. The number of ether oxygens (including phenoxy) is 2. The SMILES string of the molecule is CN1C(=O)COc2cc(NC(=O)COc3ccc(Cl)cc3Cl)ccc21. The third-order valence-electron chi connectivity index (χ3n) is 3.58. The van der Waals surface area contributed by atoms with Crippen molar-refractivity contribution in [2.24, 2.45) is 0 Å². The van der Waals surface area contributed by atoms with E-state index >= 15 is 0 Å². The number of hydrogen-bond acceptors (Lipinski definition) is 4. The zero-order chi connectivity index (χ0) is 18.0. The smallest absolute Gasteiger partial charge is 0.264 e. The van der Waals surface area contributed by atoms with Gasteiger partial charge >= 0.3 is 0 Å². The van der Waals surface area contributed by atoms with E-state index in [1.807, 2.05) is 0 Å². The zero-order valence-corrected chi connectivity index (χ0v) is 14.7. The molecule has 0 saturated carbocycles. The normalized spacial score (nSPS) is 13.1. The molecule has 1 aliphatic rings. The molecule has 130 valence electrons. The molecule has 25 heavy (non-hydrogen) atoms. The van der Waals surface area contributed by atoms with Crippen molar-refractivity contribution in [2.75, 3.05) is 30.5 Å². The number of anilines is 2. The minimum Gasteiger partial charge on any atom is -0.482 e. The summed E-state index contributed by atoms with van der Waals surface area (Å²) in [5.74, 6) is 0.417. The van der Waals surface area contributed by atoms with Gasteiger partial charge in [0.25, 0.3) is 11.8 Å². The molecular formula is C17H14Cl2N2O4. The summed E-state index contributed by atoms with van der Waals surface area (Å²) in [5.41, 5.74) is 1.19. The molecule has 1 aliphatic heterocycles. The first kappa shape index (κ1) is 17.4. The molecule has 8 heteroatoms. The van der Waals surface area contributed by atoms with Gasteiger partial charge in [0.2, 0.25) is 0 Å². The Labute approximate surface area is 154 Å². The number of amides is 2. The van der Waals surface area contributed by atoms with Gasteiger partial charge in [-0.05, 0) is 30.3 Å². The fourth-order valence-electron chi connectivity index (χ4n) is 2.29. The van der Waals surface area contributed by atoms with Crippen LogP contribution in [0.15, 0.2) is 36.4 Å². The Balaban J connectivity index is 1.62. The van der Waals surface area contributed by atoms with Crippen LogP contribution in [0.1, 0.15) is 0 Å². The van der Waals surface area contributed by atoms with E-state index < -0.39 is 0 Å². The first-order chi connectivity index (χ1) is 11.9. The molecule has 0 spiro atoms. The highest BCUT2D eigenvalue weighted by Crippen LogP contribution is 2.33. The third kappa shape index (κ3) is 3.97. The molecule has 0 radical (unpaired) electrons. The van der Waals surface area contributed by atoms with Gasteiger partial charge < -0.3 is 19.7 Å². The average Bonchev–Trinajstić information content (AvgIpc) is 2.57. The molecule has 0 fully saturated rings. The van der Waals surface area contributed by atoms with Gasteiger partial charge in [-0.25, -0.2) is 0 Å². The highest BCUT2D eigenvalue weighted by molar-refractivity contribution is 6.35. The zero-order valence-electron chi connectivity index (χ0n) is 13.2. The lowest BCUT2D eigenvalue weighted by Crippen LogP contribution is -2.35. The number of nitrogens with one attached hydrogen (secondary N) is 1. The molecule has 0 bridgehead atoms. The number of rotatable bonds is 4. The molecule has 2 aromatic carbocycles. The Morgan fingerprint density at radius 3 is 2.84 bits per heavy atom. The molecular weight excluding hydrogens is 367 g/mol. The maximum absolute atomic E-state index is 12.0.